The van der Waals surface area contributed by atoms with Crippen LogP contribution in [0.3, 0.4) is 0 Å². The predicted molar refractivity (Wildman–Crippen MR) is 87.7 cm³/mol. The normalized spacial score (nSPS) is 12.9. The van der Waals surface area contributed by atoms with E-state index in [0.29, 0.717) is 6.04 Å². The molecule has 1 unspecified atom stereocenters. The van der Waals surface area contributed by atoms with Gasteiger partial charge in [0.05, 0.1) is 22.5 Å². The van der Waals surface area contributed by atoms with Crippen molar-refractivity contribution >= 4 is 21.6 Å². The molecular formula is C16H20N4S. The zero-order valence-corrected chi connectivity index (χ0v) is 13.2. The Bertz CT molecular complexity index is 683. The highest BCUT2D eigenvalue weighted by molar-refractivity contribution is 7.18. The quantitative estimate of drug-likeness (QED) is 0.684. The van der Waals surface area contributed by atoms with Crippen LogP contribution in [-0.4, -0.2) is 21.7 Å². The lowest BCUT2D eigenvalue weighted by Crippen LogP contribution is -2.20. The van der Waals surface area contributed by atoms with Gasteiger partial charge in [-0.05, 0) is 50.9 Å². The number of hydrogen-bond donors (Lipinski definition) is 2. The van der Waals surface area contributed by atoms with Gasteiger partial charge in [-0.1, -0.05) is 12.1 Å². The van der Waals surface area contributed by atoms with E-state index in [1.807, 2.05) is 12.3 Å². The molecule has 3 rings (SSSR count). The highest BCUT2D eigenvalue weighted by atomic mass is 32.1. The summed E-state index contributed by atoms with van der Waals surface area (Å²) in [5.74, 6) is 0. The third kappa shape index (κ3) is 3.31. The first kappa shape index (κ1) is 14.2. The molecular weight excluding hydrogens is 280 g/mol. The van der Waals surface area contributed by atoms with Crippen LogP contribution in [0.4, 0.5) is 0 Å². The molecule has 0 aliphatic rings. The molecule has 0 saturated carbocycles. The lowest BCUT2D eigenvalue weighted by Gasteiger charge is -2.10. The van der Waals surface area contributed by atoms with Gasteiger partial charge in [-0.3, -0.25) is 5.10 Å². The zero-order valence-electron chi connectivity index (χ0n) is 12.4. The van der Waals surface area contributed by atoms with Crippen molar-refractivity contribution in [1.82, 2.24) is 20.5 Å². The first-order chi connectivity index (χ1) is 10.2. The Morgan fingerprint density at radius 3 is 2.95 bits per heavy atom. The Balaban J connectivity index is 1.52. The number of thiazole rings is 1. The molecule has 2 N–H and O–H groups in total. The van der Waals surface area contributed by atoms with Crippen LogP contribution in [0.15, 0.2) is 30.5 Å². The molecule has 1 atom stereocenters. The molecule has 0 radical (unpaired) electrons. The predicted octanol–water partition coefficient (Wildman–Crippen LogP) is 3.61. The first-order valence-corrected chi connectivity index (χ1v) is 8.13. The average molecular weight is 300 g/mol. The number of rotatable bonds is 6. The summed E-state index contributed by atoms with van der Waals surface area (Å²) in [6, 6.07) is 8.61. The summed E-state index contributed by atoms with van der Waals surface area (Å²) in [5.41, 5.74) is 3.58. The average Bonchev–Trinajstić information content (AvgIpc) is 3.09. The van der Waals surface area contributed by atoms with Crippen molar-refractivity contribution in [3.8, 4) is 0 Å². The Labute approximate surface area is 128 Å². The van der Waals surface area contributed by atoms with Crippen LogP contribution < -0.4 is 5.32 Å². The fourth-order valence-corrected chi connectivity index (χ4v) is 3.38. The molecule has 2 heterocycles. The summed E-state index contributed by atoms with van der Waals surface area (Å²) in [6.07, 6.45) is 4.09. The van der Waals surface area contributed by atoms with Crippen LogP contribution in [0.5, 0.6) is 0 Å². The van der Waals surface area contributed by atoms with Crippen molar-refractivity contribution in [2.24, 2.45) is 0 Å². The van der Waals surface area contributed by atoms with Crippen LogP contribution in [0.1, 0.15) is 35.7 Å². The number of nitrogens with zero attached hydrogens (tertiary/aromatic N) is 2. The number of aromatic amines is 1. The van der Waals surface area contributed by atoms with Gasteiger partial charge in [-0.15, -0.1) is 11.3 Å². The van der Waals surface area contributed by atoms with Crippen molar-refractivity contribution in [2.75, 3.05) is 6.54 Å². The van der Waals surface area contributed by atoms with Crippen molar-refractivity contribution < 1.29 is 0 Å². The fourth-order valence-electron chi connectivity index (χ4n) is 2.39. The van der Waals surface area contributed by atoms with E-state index >= 15 is 0 Å². The number of para-hydroxylation sites is 1. The number of aromatic nitrogens is 3. The van der Waals surface area contributed by atoms with Gasteiger partial charge in [0.25, 0.3) is 0 Å². The molecule has 0 aliphatic carbocycles. The Morgan fingerprint density at radius 2 is 2.19 bits per heavy atom. The van der Waals surface area contributed by atoms with Gasteiger partial charge < -0.3 is 5.32 Å². The maximum absolute atomic E-state index is 4.70. The van der Waals surface area contributed by atoms with E-state index in [2.05, 4.69) is 47.6 Å². The standard InChI is InChI=1S/C16H20N4S/c1-11-13(10-18-20-11)6-5-9-17-12(2)16-19-14-7-3-4-8-15(14)21-16/h3-4,7-8,10,12,17H,5-6,9H2,1-2H3,(H,18,20). The summed E-state index contributed by atoms with van der Waals surface area (Å²) in [6.45, 7) is 5.24. The van der Waals surface area contributed by atoms with Crippen molar-refractivity contribution in [2.45, 2.75) is 32.7 Å². The molecule has 0 bridgehead atoms. The minimum atomic E-state index is 0.299. The summed E-state index contributed by atoms with van der Waals surface area (Å²) in [4.78, 5) is 4.70. The number of fused-ring (bicyclic) bond motifs is 1. The van der Waals surface area contributed by atoms with E-state index in [0.717, 1.165) is 29.9 Å². The number of benzene rings is 1. The van der Waals surface area contributed by atoms with Crippen molar-refractivity contribution in [1.29, 1.82) is 0 Å². The number of H-pyrrole nitrogens is 1. The van der Waals surface area contributed by atoms with E-state index < -0.39 is 0 Å². The highest BCUT2D eigenvalue weighted by Gasteiger charge is 2.10. The Morgan fingerprint density at radius 1 is 1.33 bits per heavy atom. The molecule has 0 spiro atoms. The monoisotopic (exact) mass is 300 g/mol. The van der Waals surface area contributed by atoms with E-state index in [1.54, 1.807) is 11.3 Å². The molecule has 4 nitrogen and oxygen atoms in total. The van der Waals surface area contributed by atoms with E-state index in [-0.39, 0.29) is 0 Å². The molecule has 5 heteroatoms. The van der Waals surface area contributed by atoms with Crippen LogP contribution in [0.2, 0.25) is 0 Å². The Kier molecular flexibility index (Phi) is 4.31. The first-order valence-electron chi connectivity index (χ1n) is 7.32. The van der Waals surface area contributed by atoms with Gasteiger partial charge in [0.15, 0.2) is 0 Å². The zero-order chi connectivity index (χ0) is 14.7. The molecule has 21 heavy (non-hydrogen) atoms. The summed E-state index contributed by atoms with van der Waals surface area (Å²) in [5, 5.41) is 11.8. The van der Waals surface area contributed by atoms with E-state index in [4.69, 9.17) is 4.98 Å². The minimum absolute atomic E-state index is 0.299. The SMILES string of the molecule is Cc1[nH]ncc1CCCNC(C)c1nc2ccccc2s1. The number of hydrogen-bond acceptors (Lipinski definition) is 4. The third-order valence-corrected chi connectivity index (χ3v) is 4.91. The van der Waals surface area contributed by atoms with Crippen molar-refractivity contribution in [3.63, 3.8) is 0 Å². The van der Waals surface area contributed by atoms with Gasteiger partial charge in [0.1, 0.15) is 5.01 Å². The van der Waals surface area contributed by atoms with Crippen LogP contribution >= 0.6 is 11.3 Å². The Hall–Kier alpha value is -1.72. The maximum Gasteiger partial charge on any atom is 0.111 e. The molecule has 0 amide bonds. The van der Waals surface area contributed by atoms with Gasteiger partial charge in [0, 0.05) is 5.69 Å². The van der Waals surface area contributed by atoms with Gasteiger partial charge in [-0.2, -0.15) is 5.10 Å². The molecule has 0 aliphatic heterocycles. The summed E-state index contributed by atoms with van der Waals surface area (Å²) >= 11 is 1.78. The topological polar surface area (TPSA) is 53.6 Å². The molecule has 2 aromatic heterocycles. The van der Waals surface area contributed by atoms with Crippen molar-refractivity contribution in [3.05, 3.63) is 46.7 Å². The second-order valence-corrected chi connectivity index (χ2v) is 6.38. The molecule has 1 aromatic carbocycles. The second kappa shape index (κ2) is 6.37. The summed E-state index contributed by atoms with van der Waals surface area (Å²) in [7, 11) is 0. The minimum Gasteiger partial charge on any atom is -0.308 e. The second-order valence-electron chi connectivity index (χ2n) is 5.32. The molecule has 0 saturated heterocycles. The van der Waals surface area contributed by atoms with Gasteiger partial charge in [0.2, 0.25) is 0 Å². The molecule has 110 valence electrons. The number of aryl methyl sites for hydroxylation is 2. The molecule has 3 aromatic rings. The fraction of sp³-hybridized carbons (Fsp3) is 0.375. The lowest BCUT2D eigenvalue weighted by molar-refractivity contribution is 0.556. The van der Waals surface area contributed by atoms with Crippen LogP contribution in [-0.2, 0) is 6.42 Å². The smallest absolute Gasteiger partial charge is 0.111 e. The van der Waals surface area contributed by atoms with Gasteiger partial charge >= 0.3 is 0 Å². The van der Waals surface area contributed by atoms with Crippen LogP contribution in [0.25, 0.3) is 10.2 Å². The highest BCUT2D eigenvalue weighted by Crippen LogP contribution is 2.25. The third-order valence-electron chi connectivity index (χ3n) is 3.69. The maximum atomic E-state index is 4.70. The largest absolute Gasteiger partial charge is 0.308 e. The summed E-state index contributed by atoms with van der Waals surface area (Å²) < 4.78 is 1.26. The lowest BCUT2D eigenvalue weighted by atomic mass is 10.1. The molecule has 0 fully saturated rings. The van der Waals surface area contributed by atoms with Crippen LogP contribution in [0, 0.1) is 6.92 Å². The van der Waals surface area contributed by atoms with E-state index in [9.17, 15) is 0 Å². The van der Waals surface area contributed by atoms with E-state index in [1.165, 1.54) is 16.0 Å². The number of nitrogens with one attached hydrogen (secondary N) is 2. The van der Waals surface area contributed by atoms with Gasteiger partial charge in [-0.25, -0.2) is 4.98 Å².